The molecule has 0 amide bonds. The second-order valence-electron chi connectivity index (χ2n) is 13.2. The summed E-state index contributed by atoms with van der Waals surface area (Å²) in [6, 6.07) is 28.3. The third kappa shape index (κ3) is 6.06. The highest BCUT2D eigenvalue weighted by molar-refractivity contribution is 6.10. The van der Waals surface area contributed by atoms with Gasteiger partial charge in [0.15, 0.2) is 0 Å². The van der Waals surface area contributed by atoms with Crippen molar-refractivity contribution in [2.75, 3.05) is 36.0 Å². The minimum absolute atomic E-state index is 0.360. The largest absolute Gasteiger partial charge is 0.422 e. The Morgan fingerprint density at radius 3 is 1.46 bits per heavy atom. The van der Waals surface area contributed by atoms with E-state index < -0.39 is 0 Å². The smallest absolute Gasteiger partial charge is 0.344 e. The first-order valence-corrected chi connectivity index (χ1v) is 18.0. The maximum absolute atomic E-state index is 13.5. The molecule has 50 heavy (non-hydrogen) atoms. The van der Waals surface area contributed by atoms with Gasteiger partial charge in [0, 0.05) is 89.3 Å². The number of hydrogen-bond donors (Lipinski definition) is 0. The maximum Gasteiger partial charge on any atom is 0.344 e. The van der Waals surface area contributed by atoms with Crippen LogP contribution in [0.1, 0.15) is 53.4 Å². The number of aromatic nitrogens is 1. The number of unbranched alkanes of at least 4 members (excludes halogenated alkanes) is 2. The number of nitrogens with zero attached hydrogens (tertiary/aromatic N) is 3. The number of hydrogen-bond acceptors (Lipinski definition) is 6. The second-order valence-corrected chi connectivity index (χ2v) is 13.2. The van der Waals surface area contributed by atoms with E-state index in [1.54, 1.807) is 0 Å². The van der Waals surface area contributed by atoms with E-state index in [4.69, 9.17) is 8.83 Å². The lowest BCUT2D eigenvalue weighted by molar-refractivity contribution is 0.563. The molecular weight excluding hydrogens is 622 g/mol. The van der Waals surface area contributed by atoms with E-state index in [0.29, 0.717) is 22.3 Å². The van der Waals surface area contributed by atoms with Crippen molar-refractivity contribution in [3.05, 3.63) is 106 Å². The van der Waals surface area contributed by atoms with Gasteiger partial charge in [-0.15, -0.1) is 0 Å². The lowest BCUT2D eigenvalue weighted by Gasteiger charge is -2.24. The van der Waals surface area contributed by atoms with Gasteiger partial charge in [-0.3, -0.25) is 0 Å². The average molecular weight is 668 g/mol. The molecule has 0 saturated carbocycles. The zero-order valence-electron chi connectivity index (χ0n) is 29.7. The topological polar surface area (TPSA) is 71.8 Å². The molecule has 7 nitrogen and oxygen atoms in total. The van der Waals surface area contributed by atoms with Crippen LogP contribution in [-0.4, -0.2) is 30.7 Å². The molecule has 256 valence electrons. The van der Waals surface area contributed by atoms with Crippen LogP contribution < -0.4 is 21.1 Å². The number of rotatable bonds is 12. The first-order chi connectivity index (χ1) is 24.3. The molecule has 4 aromatic carbocycles. The highest BCUT2D eigenvalue weighted by Crippen LogP contribution is 2.35. The Morgan fingerprint density at radius 1 is 0.560 bits per heavy atom. The summed E-state index contributed by atoms with van der Waals surface area (Å²) in [5.41, 5.74) is 7.25. The quantitative estimate of drug-likeness (QED) is 0.121. The van der Waals surface area contributed by atoms with Gasteiger partial charge in [-0.2, -0.15) is 0 Å². The fourth-order valence-electron chi connectivity index (χ4n) is 7.21. The predicted octanol–water partition coefficient (Wildman–Crippen LogP) is 10.1. The SMILES string of the molecule is CCCCN(CCCC)c1ccc2cc(-c3ccc4c(c3)c3cc(-c5cc6ccc(N(CC)CC)cc6oc5=O)ccc3n4C)c(=O)oc2c1. The van der Waals surface area contributed by atoms with Crippen LogP contribution in [0.2, 0.25) is 0 Å². The highest BCUT2D eigenvalue weighted by atomic mass is 16.4. The Kier molecular flexibility index (Phi) is 9.23. The molecule has 0 unspecified atom stereocenters. The van der Waals surface area contributed by atoms with Crippen LogP contribution in [0.15, 0.2) is 103 Å². The molecule has 0 aliphatic rings. The molecule has 0 fully saturated rings. The van der Waals surface area contributed by atoms with Gasteiger partial charge in [0.2, 0.25) is 0 Å². The monoisotopic (exact) mass is 667 g/mol. The lowest BCUT2D eigenvalue weighted by atomic mass is 10.0. The first-order valence-electron chi connectivity index (χ1n) is 18.0. The molecule has 7 rings (SSSR count). The molecule has 0 radical (unpaired) electrons. The van der Waals surface area contributed by atoms with E-state index in [1.807, 2.05) is 61.6 Å². The van der Waals surface area contributed by atoms with Crippen LogP contribution in [0.25, 0.3) is 66.0 Å². The summed E-state index contributed by atoms with van der Waals surface area (Å²) in [4.78, 5) is 31.5. The van der Waals surface area contributed by atoms with Gasteiger partial charge in [0.25, 0.3) is 0 Å². The normalized spacial score (nSPS) is 11.7. The minimum Gasteiger partial charge on any atom is -0.422 e. The van der Waals surface area contributed by atoms with Gasteiger partial charge in [-0.25, -0.2) is 9.59 Å². The standard InChI is InChI=1S/C43H45N3O4/c1-6-10-20-46(21-11-7-2)33-17-13-31-25-35(43(48)50-41(31)27-33)29-15-19-39-37(23-29)36-22-28(14-18-38(36)44(39)5)34-24-30-12-16-32(45(8-3)9-4)26-40(30)49-42(34)47/h12-19,22-27H,6-11,20-21H2,1-5H3. The van der Waals surface area contributed by atoms with Crippen LogP contribution >= 0.6 is 0 Å². The fourth-order valence-corrected chi connectivity index (χ4v) is 7.21. The number of benzene rings is 4. The summed E-state index contributed by atoms with van der Waals surface area (Å²) >= 11 is 0. The van der Waals surface area contributed by atoms with Crippen molar-refractivity contribution in [3.63, 3.8) is 0 Å². The maximum atomic E-state index is 13.5. The molecule has 3 aromatic heterocycles. The Hall–Kier alpha value is -5.30. The highest BCUT2D eigenvalue weighted by Gasteiger charge is 2.17. The van der Waals surface area contributed by atoms with Crippen molar-refractivity contribution < 1.29 is 8.83 Å². The summed E-state index contributed by atoms with van der Waals surface area (Å²) in [7, 11) is 2.04. The number of anilines is 2. The van der Waals surface area contributed by atoms with Crippen molar-refractivity contribution >= 4 is 55.1 Å². The molecule has 0 aliphatic carbocycles. The predicted molar refractivity (Wildman–Crippen MR) is 209 cm³/mol. The van der Waals surface area contributed by atoms with Crippen molar-refractivity contribution in [1.29, 1.82) is 0 Å². The average Bonchev–Trinajstić information content (AvgIpc) is 3.41. The van der Waals surface area contributed by atoms with Crippen LogP contribution in [0.4, 0.5) is 11.4 Å². The molecular formula is C43H45N3O4. The zero-order chi connectivity index (χ0) is 34.9. The molecule has 7 heteroatoms. The van der Waals surface area contributed by atoms with Crippen LogP contribution in [-0.2, 0) is 7.05 Å². The lowest BCUT2D eigenvalue weighted by Crippen LogP contribution is -2.25. The van der Waals surface area contributed by atoms with E-state index in [9.17, 15) is 9.59 Å². The molecule has 0 N–H and O–H groups in total. The zero-order valence-corrected chi connectivity index (χ0v) is 29.7. The minimum atomic E-state index is -0.370. The molecule has 3 heterocycles. The van der Waals surface area contributed by atoms with Gasteiger partial charge < -0.3 is 23.2 Å². The van der Waals surface area contributed by atoms with Gasteiger partial charge in [-0.1, -0.05) is 38.8 Å². The third-order valence-corrected chi connectivity index (χ3v) is 10.1. The molecule has 0 atom stereocenters. The van der Waals surface area contributed by atoms with Crippen molar-refractivity contribution in [3.8, 4) is 22.3 Å². The van der Waals surface area contributed by atoms with Crippen LogP contribution in [0.5, 0.6) is 0 Å². The summed E-state index contributed by atoms with van der Waals surface area (Å²) in [6.07, 6.45) is 4.51. The fraction of sp³-hybridized carbons (Fsp3) is 0.302. The van der Waals surface area contributed by atoms with E-state index >= 15 is 0 Å². The molecule has 0 bridgehead atoms. The summed E-state index contributed by atoms with van der Waals surface area (Å²) < 4.78 is 14.0. The van der Waals surface area contributed by atoms with Crippen molar-refractivity contribution in [2.45, 2.75) is 53.4 Å². The number of fused-ring (bicyclic) bond motifs is 5. The molecule has 7 aromatic rings. The molecule has 0 saturated heterocycles. The van der Waals surface area contributed by atoms with Crippen LogP contribution in [0.3, 0.4) is 0 Å². The summed E-state index contributed by atoms with van der Waals surface area (Å²) in [5.74, 6) is 0. The van der Waals surface area contributed by atoms with Crippen LogP contribution in [0, 0.1) is 0 Å². The van der Waals surface area contributed by atoms with E-state index in [-0.39, 0.29) is 11.3 Å². The van der Waals surface area contributed by atoms with Gasteiger partial charge in [-0.05, 0) is 98.5 Å². The van der Waals surface area contributed by atoms with Crippen molar-refractivity contribution in [1.82, 2.24) is 4.57 Å². The van der Waals surface area contributed by atoms with Crippen molar-refractivity contribution in [2.24, 2.45) is 7.05 Å². The van der Waals surface area contributed by atoms with Gasteiger partial charge in [0.05, 0.1) is 11.1 Å². The Labute approximate surface area is 292 Å². The Bertz CT molecular complexity index is 2460. The Morgan fingerprint density at radius 2 is 1.02 bits per heavy atom. The Balaban J connectivity index is 1.28. The first kappa shape index (κ1) is 33.2. The number of aryl methyl sites for hydroxylation is 1. The van der Waals surface area contributed by atoms with E-state index in [1.165, 1.54) is 0 Å². The second kappa shape index (κ2) is 13.9. The molecule has 0 aliphatic heterocycles. The van der Waals surface area contributed by atoms with E-state index in [0.717, 1.165) is 107 Å². The summed E-state index contributed by atoms with van der Waals surface area (Å²) in [5, 5.41) is 3.75. The van der Waals surface area contributed by atoms with Gasteiger partial charge in [0.1, 0.15) is 11.2 Å². The van der Waals surface area contributed by atoms with E-state index in [2.05, 4.69) is 72.4 Å². The third-order valence-electron chi connectivity index (χ3n) is 10.1. The molecule has 0 spiro atoms. The van der Waals surface area contributed by atoms with Gasteiger partial charge >= 0.3 is 11.3 Å². The summed E-state index contributed by atoms with van der Waals surface area (Å²) in [6.45, 7) is 12.4.